The lowest BCUT2D eigenvalue weighted by Crippen LogP contribution is -2.03. The molecule has 3 rings (SSSR count). The largest absolute Gasteiger partial charge is 0.493 e. The topological polar surface area (TPSA) is 66.6 Å². The van der Waals surface area contributed by atoms with Gasteiger partial charge in [-0.2, -0.15) is 13.8 Å². The quantitative estimate of drug-likeness (QED) is 0.569. The van der Waals surface area contributed by atoms with E-state index in [0.29, 0.717) is 5.56 Å². The van der Waals surface area contributed by atoms with Gasteiger partial charge in [-0.15, -0.1) is 0 Å². The minimum atomic E-state index is -2.99. The number of nitrogens with zero attached hydrogens (tertiary/aromatic N) is 2. The Morgan fingerprint density at radius 1 is 1.04 bits per heavy atom. The van der Waals surface area contributed by atoms with Gasteiger partial charge in [0.05, 0.1) is 7.11 Å². The van der Waals surface area contributed by atoms with E-state index in [2.05, 4.69) is 14.9 Å². The van der Waals surface area contributed by atoms with Crippen LogP contribution in [0, 0.1) is 11.6 Å². The van der Waals surface area contributed by atoms with Crippen molar-refractivity contribution in [1.29, 1.82) is 0 Å². The van der Waals surface area contributed by atoms with Crippen molar-refractivity contribution in [2.24, 2.45) is 0 Å². The molecule has 1 aromatic heterocycles. The van der Waals surface area contributed by atoms with Crippen LogP contribution in [0.2, 0.25) is 0 Å². The number of benzene rings is 2. The molecule has 0 amide bonds. The summed E-state index contributed by atoms with van der Waals surface area (Å²) in [6.45, 7) is -3.17. The summed E-state index contributed by atoms with van der Waals surface area (Å²) in [6.07, 6.45) is 0. The number of hydrogen-bond acceptors (Lipinski definition) is 6. The maximum Gasteiger partial charge on any atom is 0.387 e. The van der Waals surface area contributed by atoms with Crippen LogP contribution in [0.5, 0.6) is 17.2 Å². The molecule has 3 aromatic rings. The van der Waals surface area contributed by atoms with Gasteiger partial charge < -0.3 is 18.7 Å². The van der Waals surface area contributed by atoms with Crippen LogP contribution in [0.3, 0.4) is 0 Å². The van der Waals surface area contributed by atoms with Gasteiger partial charge in [0.25, 0.3) is 5.89 Å². The molecule has 2 aromatic carbocycles. The van der Waals surface area contributed by atoms with Crippen molar-refractivity contribution in [3.63, 3.8) is 0 Å². The second-order valence-electron chi connectivity index (χ2n) is 5.12. The molecule has 10 heteroatoms. The summed E-state index contributed by atoms with van der Waals surface area (Å²) in [5.41, 5.74) is 0.427. The molecule has 27 heavy (non-hydrogen) atoms. The van der Waals surface area contributed by atoms with Crippen LogP contribution in [0.25, 0.3) is 11.4 Å². The molecular formula is C17H12F4N2O4. The molecular weight excluding hydrogens is 372 g/mol. The second-order valence-corrected chi connectivity index (χ2v) is 5.12. The molecule has 0 unspecified atom stereocenters. The fourth-order valence-corrected chi connectivity index (χ4v) is 2.14. The van der Waals surface area contributed by atoms with Crippen molar-refractivity contribution in [3.8, 4) is 28.6 Å². The van der Waals surface area contributed by atoms with Gasteiger partial charge in [-0.1, -0.05) is 5.16 Å². The predicted molar refractivity (Wildman–Crippen MR) is 83.6 cm³/mol. The average molecular weight is 384 g/mol. The summed E-state index contributed by atoms with van der Waals surface area (Å²) in [5.74, 6) is -1.79. The molecule has 0 saturated carbocycles. The SMILES string of the molecule is COc1cc(-c2noc(COc3ccc(F)c(F)c3)n2)ccc1OC(F)F. The Morgan fingerprint density at radius 2 is 1.85 bits per heavy atom. The molecule has 0 spiro atoms. The molecule has 0 N–H and O–H groups in total. The summed E-state index contributed by atoms with van der Waals surface area (Å²) in [6, 6.07) is 7.21. The van der Waals surface area contributed by atoms with Crippen LogP contribution in [0.15, 0.2) is 40.9 Å². The molecule has 0 radical (unpaired) electrons. The molecule has 0 fully saturated rings. The summed E-state index contributed by atoms with van der Waals surface area (Å²) in [5, 5.41) is 3.75. The van der Waals surface area contributed by atoms with Gasteiger partial charge in [-0.3, -0.25) is 0 Å². The average Bonchev–Trinajstić information content (AvgIpc) is 3.11. The normalized spacial score (nSPS) is 10.9. The number of rotatable bonds is 7. The van der Waals surface area contributed by atoms with Crippen LogP contribution < -0.4 is 14.2 Å². The fourth-order valence-electron chi connectivity index (χ4n) is 2.14. The van der Waals surface area contributed by atoms with E-state index in [1.165, 1.54) is 31.4 Å². The highest BCUT2D eigenvalue weighted by Gasteiger charge is 2.15. The molecule has 0 aliphatic rings. The first-order valence-corrected chi connectivity index (χ1v) is 7.50. The number of hydrogen-bond donors (Lipinski definition) is 0. The Kier molecular flexibility index (Phi) is 5.43. The number of halogens is 4. The lowest BCUT2D eigenvalue weighted by molar-refractivity contribution is -0.0512. The number of ether oxygens (including phenoxy) is 3. The summed E-state index contributed by atoms with van der Waals surface area (Å²) >= 11 is 0. The van der Waals surface area contributed by atoms with Crippen LogP contribution in [-0.4, -0.2) is 23.9 Å². The molecule has 0 atom stereocenters. The Labute approximate surface area is 150 Å². The van der Waals surface area contributed by atoms with E-state index >= 15 is 0 Å². The fraction of sp³-hybridized carbons (Fsp3) is 0.176. The van der Waals surface area contributed by atoms with Crippen LogP contribution >= 0.6 is 0 Å². The molecule has 142 valence electrons. The molecule has 0 bridgehead atoms. The Hall–Kier alpha value is -3.30. The zero-order chi connectivity index (χ0) is 19.4. The van der Waals surface area contributed by atoms with Crippen LogP contribution in [-0.2, 0) is 6.61 Å². The van der Waals surface area contributed by atoms with Crippen LogP contribution in [0.1, 0.15) is 5.89 Å². The zero-order valence-corrected chi connectivity index (χ0v) is 13.8. The number of aromatic nitrogens is 2. The van der Waals surface area contributed by atoms with Crippen LogP contribution in [0.4, 0.5) is 17.6 Å². The summed E-state index contributed by atoms with van der Waals surface area (Å²) < 4.78 is 70.4. The molecule has 0 saturated heterocycles. The van der Waals surface area contributed by atoms with Crippen molar-refractivity contribution in [1.82, 2.24) is 10.1 Å². The monoisotopic (exact) mass is 384 g/mol. The summed E-state index contributed by atoms with van der Waals surface area (Å²) in [7, 11) is 1.30. The van der Waals surface area contributed by atoms with Crippen molar-refractivity contribution >= 4 is 0 Å². The molecule has 6 nitrogen and oxygen atoms in total. The van der Waals surface area contributed by atoms with E-state index in [0.717, 1.165) is 12.1 Å². The smallest absolute Gasteiger partial charge is 0.387 e. The Morgan fingerprint density at radius 3 is 2.56 bits per heavy atom. The standard InChI is InChI=1S/C17H12F4N2O4/c1-24-14-6-9(2-5-13(14)26-17(20)21)16-22-15(27-23-16)8-25-10-3-4-11(18)12(19)7-10/h2-7,17H,8H2,1H3. The zero-order valence-electron chi connectivity index (χ0n) is 13.8. The van der Waals surface area contributed by atoms with Crippen molar-refractivity contribution in [3.05, 3.63) is 53.9 Å². The predicted octanol–water partition coefficient (Wildman–Crippen LogP) is 4.20. The van der Waals surface area contributed by atoms with E-state index in [4.69, 9.17) is 14.0 Å². The second kappa shape index (κ2) is 7.94. The summed E-state index contributed by atoms with van der Waals surface area (Å²) in [4.78, 5) is 4.09. The highest BCUT2D eigenvalue weighted by molar-refractivity contribution is 5.60. The highest BCUT2D eigenvalue weighted by Crippen LogP contribution is 2.32. The van der Waals surface area contributed by atoms with E-state index in [-0.39, 0.29) is 35.6 Å². The molecule has 0 aliphatic heterocycles. The third-order valence-electron chi connectivity index (χ3n) is 3.36. The lowest BCUT2D eigenvalue weighted by Gasteiger charge is -2.10. The molecule has 1 heterocycles. The minimum Gasteiger partial charge on any atom is -0.493 e. The van der Waals surface area contributed by atoms with Gasteiger partial charge in [0, 0.05) is 11.6 Å². The maximum absolute atomic E-state index is 13.1. The van der Waals surface area contributed by atoms with Gasteiger partial charge in [-0.25, -0.2) is 8.78 Å². The van der Waals surface area contributed by atoms with Crippen molar-refractivity contribution in [2.45, 2.75) is 13.2 Å². The first-order valence-electron chi connectivity index (χ1n) is 7.50. The third-order valence-corrected chi connectivity index (χ3v) is 3.36. The maximum atomic E-state index is 13.1. The Bertz CT molecular complexity index is 933. The van der Waals surface area contributed by atoms with Gasteiger partial charge in [-0.05, 0) is 30.3 Å². The number of alkyl halides is 2. The van der Waals surface area contributed by atoms with Gasteiger partial charge >= 0.3 is 6.61 Å². The third kappa shape index (κ3) is 4.46. The van der Waals surface area contributed by atoms with Crippen molar-refractivity contribution in [2.75, 3.05) is 7.11 Å². The van der Waals surface area contributed by atoms with Crippen molar-refractivity contribution < 1.29 is 36.3 Å². The first kappa shape index (κ1) is 18.5. The first-order chi connectivity index (χ1) is 13.0. The molecule has 0 aliphatic carbocycles. The van der Waals surface area contributed by atoms with E-state index in [1.54, 1.807) is 0 Å². The Balaban J connectivity index is 1.72. The minimum absolute atomic E-state index is 0.0668. The number of methoxy groups -OCH3 is 1. The van der Waals surface area contributed by atoms with Gasteiger partial charge in [0.15, 0.2) is 29.7 Å². The highest BCUT2D eigenvalue weighted by atomic mass is 19.3. The van der Waals surface area contributed by atoms with E-state index in [9.17, 15) is 17.6 Å². The van der Waals surface area contributed by atoms with E-state index in [1.807, 2.05) is 0 Å². The van der Waals surface area contributed by atoms with Gasteiger partial charge in [0.1, 0.15) is 5.75 Å². The van der Waals surface area contributed by atoms with E-state index < -0.39 is 18.2 Å². The van der Waals surface area contributed by atoms with Gasteiger partial charge in [0.2, 0.25) is 5.82 Å². The lowest BCUT2D eigenvalue weighted by atomic mass is 10.2.